The number of hydrogen-bond donors (Lipinski definition) is 2. The van der Waals surface area contributed by atoms with E-state index in [1.54, 1.807) is 13.3 Å². The molecule has 2 N–H and O–H groups in total. The van der Waals surface area contributed by atoms with Crippen molar-refractivity contribution in [1.29, 1.82) is 0 Å². The second-order valence-corrected chi connectivity index (χ2v) is 5.33. The lowest BCUT2D eigenvalue weighted by Crippen LogP contribution is -2.37. The molecule has 1 aliphatic carbocycles. The predicted octanol–water partition coefficient (Wildman–Crippen LogP) is 2.08. The van der Waals surface area contributed by atoms with Gasteiger partial charge in [-0.05, 0) is 19.3 Å². The van der Waals surface area contributed by atoms with E-state index in [-0.39, 0.29) is 0 Å². The minimum atomic E-state index is 0.489. The van der Waals surface area contributed by atoms with E-state index in [0.717, 1.165) is 31.2 Å². The molecule has 1 aromatic rings. The molecule has 0 aromatic carbocycles. The van der Waals surface area contributed by atoms with Gasteiger partial charge >= 0.3 is 0 Å². The van der Waals surface area contributed by atoms with Gasteiger partial charge in [0.05, 0.1) is 12.6 Å². The lowest BCUT2D eigenvalue weighted by molar-refractivity contribution is 0.0277. The molecule has 0 amide bonds. The molecule has 118 valence electrons. The molecule has 1 aromatic heterocycles. The van der Waals surface area contributed by atoms with Gasteiger partial charge in [0.2, 0.25) is 0 Å². The number of nitrogens with zero attached hydrogens (tertiary/aromatic N) is 2. The number of aromatic nitrogens is 1. The zero-order valence-corrected chi connectivity index (χ0v) is 12.8. The quantitative estimate of drug-likeness (QED) is 0.458. The molecule has 6 heteroatoms. The number of aliphatic imine (C=N–C) groups is 1. The van der Waals surface area contributed by atoms with Gasteiger partial charge in [0.1, 0.15) is 12.0 Å². The van der Waals surface area contributed by atoms with Crippen molar-refractivity contribution in [3.63, 3.8) is 0 Å². The van der Waals surface area contributed by atoms with Gasteiger partial charge in [-0.15, -0.1) is 0 Å². The van der Waals surface area contributed by atoms with Crippen LogP contribution in [0, 0.1) is 0 Å². The summed E-state index contributed by atoms with van der Waals surface area (Å²) in [5.41, 5.74) is 0.860. The van der Waals surface area contributed by atoms with Crippen molar-refractivity contribution in [3.05, 3.63) is 18.0 Å². The fourth-order valence-corrected chi connectivity index (χ4v) is 2.48. The second kappa shape index (κ2) is 9.39. The molecule has 0 unspecified atom stereocenters. The van der Waals surface area contributed by atoms with Crippen LogP contribution in [0.1, 0.15) is 44.2 Å². The molecule has 0 atom stereocenters. The third-order valence-corrected chi connectivity index (χ3v) is 3.67. The van der Waals surface area contributed by atoms with E-state index in [2.05, 4.69) is 20.8 Å². The van der Waals surface area contributed by atoms with Crippen molar-refractivity contribution in [2.24, 2.45) is 4.99 Å². The van der Waals surface area contributed by atoms with Gasteiger partial charge in [-0.2, -0.15) is 0 Å². The topological polar surface area (TPSA) is 71.7 Å². The molecule has 21 heavy (non-hydrogen) atoms. The van der Waals surface area contributed by atoms with Crippen LogP contribution in [0.2, 0.25) is 0 Å². The highest BCUT2D eigenvalue weighted by atomic mass is 16.5. The summed E-state index contributed by atoms with van der Waals surface area (Å²) in [5, 5.41) is 10.3. The second-order valence-electron chi connectivity index (χ2n) is 5.33. The van der Waals surface area contributed by atoms with E-state index >= 15 is 0 Å². The minimum Gasteiger partial charge on any atom is -0.378 e. The first-order valence-corrected chi connectivity index (χ1v) is 7.84. The number of rotatable bonds is 7. The van der Waals surface area contributed by atoms with E-state index < -0.39 is 0 Å². The van der Waals surface area contributed by atoms with Crippen molar-refractivity contribution < 1.29 is 9.26 Å². The van der Waals surface area contributed by atoms with E-state index in [1.165, 1.54) is 32.1 Å². The molecular formula is C15H26N4O2. The van der Waals surface area contributed by atoms with Crippen LogP contribution in [-0.4, -0.2) is 37.4 Å². The fourth-order valence-electron chi connectivity index (χ4n) is 2.48. The Morgan fingerprint density at radius 3 is 2.95 bits per heavy atom. The first kappa shape index (κ1) is 15.8. The standard InChI is InChI=1S/C15H26N4O2/c1-16-15(18-12-13-8-11-21-19-13)17-9-5-10-20-14-6-3-2-4-7-14/h8,11,14H,2-7,9-10,12H2,1H3,(H2,16,17,18). The van der Waals surface area contributed by atoms with Gasteiger partial charge in [-0.1, -0.05) is 24.4 Å². The highest BCUT2D eigenvalue weighted by Gasteiger charge is 2.12. The highest BCUT2D eigenvalue weighted by molar-refractivity contribution is 5.79. The number of ether oxygens (including phenoxy) is 1. The molecule has 1 fully saturated rings. The maximum absolute atomic E-state index is 5.89. The minimum absolute atomic E-state index is 0.489. The molecule has 1 heterocycles. The Hall–Kier alpha value is -1.56. The first-order chi connectivity index (χ1) is 10.4. The zero-order valence-electron chi connectivity index (χ0n) is 12.8. The Morgan fingerprint density at radius 1 is 1.38 bits per heavy atom. The third-order valence-electron chi connectivity index (χ3n) is 3.67. The summed E-state index contributed by atoms with van der Waals surface area (Å²) in [6.45, 7) is 2.28. The van der Waals surface area contributed by atoms with Crippen molar-refractivity contribution in [3.8, 4) is 0 Å². The SMILES string of the molecule is CN=C(NCCCOC1CCCCC1)NCc1ccon1. The zero-order chi connectivity index (χ0) is 14.8. The van der Waals surface area contributed by atoms with Crippen molar-refractivity contribution in [1.82, 2.24) is 15.8 Å². The van der Waals surface area contributed by atoms with E-state index in [9.17, 15) is 0 Å². The van der Waals surface area contributed by atoms with Crippen LogP contribution in [0.3, 0.4) is 0 Å². The molecule has 0 radical (unpaired) electrons. The molecule has 1 aliphatic rings. The van der Waals surface area contributed by atoms with E-state index in [0.29, 0.717) is 12.6 Å². The lowest BCUT2D eigenvalue weighted by atomic mass is 9.98. The smallest absolute Gasteiger partial charge is 0.191 e. The van der Waals surface area contributed by atoms with Crippen molar-refractivity contribution in [2.45, 2.75) is 51.2 Å². The first-order valence-electron chi connectivity index (χ1n) is 7.84. The Balaban J connectivity index is 1.51. The van der Waals surface area contributed by atoms with Gasteiger partial charge in [-0.3, -0.25) is 4.99 Å². The Labute approximate surface area is 126 Å². The average Bonchev–Trinajstić information content (AvgIpc) is 3.04. The third kappa shape index (κ3) is 6.16. The summed E-state index contributed by atoms with van der Waals surface area (Å²) in [7, 11) is 1.76. The van der Waals surface area contributed by atoms with Crippen LogP contribution < -0.4 is 10.6 Å². The maximum atomic E-state index is 5.89. The largest absolute Gasteiger partial charge is 0.378 e. The summed E-state index contributed by atoms with van der Waals surface area (Å²) >= 11 is 0. The maximum Gasteiger partial charge on any atom is 0.191 e. The highest BCUT2D eigenvalue weighted by Crippen LogP contribution is 2.20. The van der Waals surface area contributed by atoms with Gasteiger partial charge < -0.3 is 19.9 Å². The lowest BCUT2D eigenvalue weighted by Gasteiger charge is -2.22. The molecule has 0 bridgehead atoms. The van der Waals surface area contributed by atoms with Gasteiger partial charge in [-0.25, -0.2) is 0 Å². The fraction of sp³-hybridized carbons (Fsp3) is 0.733. The molecule has 0 aliphatic heterocycles. The van der Waals surface area contributed by atoms with Crippen LogP contribution in [-0.2, 0) is 11.3 Å². The van der Waals surface area contributed by atoms with Gasteiger partial charge in [0, 0.05) is 26.3 Å². The number of guanidine groups is 1. The number of hydrogen-bond acceptors (Lipinski definition) is 4. The number of nitrogens with one attached hydrogen (secondary N) is 2. The molecule has 2 rings (SSSR count). The summed E-state index contributed by atoms with van der Waals surface area (Å²) in [5.74, 6) is 0.774. The summed E-state index contributed by atoms with van der Waals surface area (Å²) in [4.78, 5) is 4.17. The van der Waals surface area contributed by atoms with Crippen LogP contribution in [0.25, 0.3) is 0 Å². The molecule has 6 nitrogen and oxygen atoms in total. The van der Waals surface area contributed by atoms with Crippen LogP contribution >= 0.6 is 0 Å². The van der Waals surface area contributed by atoms with Crippen LogP contribution in [0.4, 0.5) is 0 Å². The van der Waals surface area contributed by atoms with Crippen molar-refractivity contribution >= 4 is 5.96 Å². The molecule has 1 saturated carbocycles. The molecule has 0 spiro atoms. The average molecular weight is 294 g/mol. The Kier molecular flexibility index (Phi) is 7.07. The summed E-state index contributed by atoms with van der Waals surface area (Å²) in [6.07, 6.45) is 9.51. The summed E-state index contributed by atoms with van der Waals surface area (Å²) < 4.78 is 10.7. The monoisotopic (exact) mass is 294 g/mol. The van der Waals surface area contributed by atoms with Crippen LogP contribution in [0.5, 0.6) is 0 Å². The van der Waals surface area contributed by atoms with E-state index in [1.807, 2.05) is 6.07 Å². The van der Waals surface area contributed by atoms with E-state index in [4.69, 9.17) is 9.26 Å². The Bertz CT molecular complexity index is 400. The summed E-state index contributed by atoms with van der Waals surface area (Å²) in [6, 6.07) is 1.83. The Morgan fingerprint density at radius 2 is 2.24 bits per heavy atom. The normalized spacial score (nSPS) is 16.9. The van der Waals surface area contributed by atoms with Gasteiger partial charge in [0.15, 0.2) is 5.96 Å². The molecular weight excluding hydrogens is 268 g/mol. The van der Waals surface area contributed by atoms with Crippen LogP contribution in [0.15, 0.2) is 21.8 Å². The van der Waals surface area contributed by atoms with Gasteiger partial charge in [0.25, 0.3) is 0 Å². The van der Waals surface area contributed by atoms with Crippen molar-refractivity contribution in [2.75, 3.05) is 20.2 Å². The predicted molar refractivity (Wildman–Crippen MR) is 82.1 cm³/mol. The molecule has 0 saturated heterocycles.